The maximum atomic E-state index is 11.7. The maximum absolute atomic E-state index is 11.7. The molecule has 0 aliphatic rings. The van der Waals surface area contributed by atoms with Crippen molar-refractivity contribution >= 4 is 12.3 Å². The Labute approximate surface area is 112 Å². The predicted molar refractivity (Wildman–Crippen MR) is 69.7 cm³/mol. The van der Waals surface area contributed by atoms with Gasteiger partial charge < -0.3 is 14.2 Å². The topological polar surface area (TPSA) is 61.8 Å². The fourth-order valence-corrected chi connectivity index (χ4v) is 1.48. The third-order valence-corrected chi connectivity index (χ3v) is 2.41. The number of benzene rings is 1. The molecule has 0 fully saturated rings. The molecule has 0 saturated carbocycles. The van der Waals surface area contributed by atoms with E-state index in [9.17, 15) is 9.59 Å². The molecule has 0 N–H and O–H groups in total. The highest BCUT2D eigenvalue weighted by atomic mass is 16.6. The summed E-state index contributed by atoms with van der Waals surface area (Å²) in [7, 11) is 1.49. The van der Waals surface area contributed by atoms with Crippen LogP contribution in [-0.2, 0) is 9.53 Å². The third kappa shape index (κ3) is 3.98. The van der Waals surface area contributed by atoms with Crippen molar-refractivity contribution in [2.45, 2.75) is 26.4 Å². The summed E-state index contributed by atoms with van der Waals surface area (Å²) in [4.78, 5) is 22.6. The SMILES string of the molecule is CCOC(=O)C(C)(C)Oc1cc(C=O)cc(OC)c1. The van der Waals surface area contributed by atoms with Gasteiger partial charge in [-0.25, -0.2) is 4.79 Å². The van der Waals surface area contributed by atoms with Crippen molar-refractivity contribution in [1.82, 2.24) is 0 Å². The normalized spacial score (nSPS) is 10.7. The molecule has 104 valence electrons. The zero-order valence-corrected chi connectivity index (χ0v) is 11.6. The third-order valence-electron chi connectivity index (χ3n) is 2.41. The molecule has 0 aliphatic heterocycles. The van der Waals surface area contributed by atoms with Gasteiger partial charge in [0.1, 0.15) is 17.8 Å². The Kier molecular flexibility index (Phi) is 4.92. The highest BCUT2D eigenvalue weighted by Crippen LogP contribution is 2.26. The van der Waals surface area contributed by atoms with Gasteiger partial charge in [-0.15, -0.1) is 0 Å². The van der Waals surface area contributed by atoms with Crippen molar-refractivity contribution in [2.24, 2.45) is 0 Å². The minimum absolute atomic E-state index is 0.281. The van der Waals surface area contributed by atoms with Crippen LogP contribution >= 0.6 is 0 Å². The second kappa shape index (κ2) is 6.22. The van der Waals surface area contributed by atoms with Crippen molar-refractivity contribution in [3.05, 3.63) is 23.8 Å². The summed E-state index contributed by atoms with van der Waals surface area (Å²) in [5.74, 6) is 0.393. The van der Waals surface area contributed by atoms with Crippen molar-refractivity contribution < 1.29 is 23.8 Å². The Hall–Kier alpha value is -2.04. The van der Waals surface area contributed by atoms with Gasteiger partial charge in [0.25, 0.3) is 0 Å². The Morgan fingerprint density at radius 3 is 2.42 bits per heavy atom. The van der Waals surface area contributed by atoms with Crippen LogP contribution in [0.1, 0.15) is 31.1 Å². The Morgan fingerprint density at radius 2 is 1.89 bits per heavy atom. The van der Waals surface area contributed by atoms with E-state index in [2.05, 4.69) is 0 Å². The average molecular weight is 266 g/mol. The molecule has 5 heteroatoms. The summed E-state index contributed by atoms with van der Waals surface area (Å²) in [5.41, 5.74) is -0.725. The van der Waals surface area contributed by atoms with Crippen LogP contribution in [0, 0.1) is 0 Å². The first-order valence-electron chi connectivity index (χ1n) is 5.93. The van der Waals surface area contributed by atoms with Crippen LogP contribution in [0.15, 0.2) is 18.2 Å². The first-order valence-corrected chi connectivity index (χ1v) is 5.93. The molecule has 0 heterocycles. The van der Waals surface area contributed by atoms with Gasteiger partial charge in [0.2, 0.25) is 0 Å². The molecule has 1 rings (SSSR count). The van der Waals surface area contributed by atoms with Crippen molar-refractivity contribution in [2.75, 3.05) is 13.7 Å². The largest absolute Gasteiger partial charge is 0.497 e. The van der Waals surface area contributed by atoms with Gasteiger partial charge in [-0.05, 0) is 32.9 Å². The second-order valence-corrected chi connectivity index (χ2v) is 4.39. The lowest BCUT2D eigenvalue weighted by Crippen LogP contribution is -2.39. The molecule has 1 aromatic carbocycles. The number of methoxy groups -OCH3 is 1. The van der Waals surface area contributed by atoms with Crippen LogP contribution in [0.3, 0.4) is 0 Å². The molecule has 0 amide bonds. The number of carbonyl (C=O) groups is 2. The lowest BCUT2D eigenvalue weighted by molar-refractivity contribution is -0.158. The molecule has 0 aromatic heterocycles. The molecule has 0 atom stereocenters. The number of ether oxygens (including phenoxy) is 3. The number of aldehydes is 1. The first-order chi connectivity index (χ1) is 8.92. The number of carbonyl (C=O) groups excluding carboxylic acids is 2. The van der Waals surface area contributed by atoms with Crippen LogP contribution in [0.5, 0.6) is 11.5 Å². The van der Waals surface area contributed by atoms with Crippen molar-refractivity contribution in [3.8, 4) is 11.5 Å². The summed E-state index contributed by atoms with van der Waals surface area (Å²) >= 11 is 0. The highest BCUT2D eigenvalue weighted by molar-refractivity contribution is 5.79. The van der Waals surface area contributed by atoms with Crippen LogP contribution in [0.2, 0.25) is 0 Å². The summed E-state index contributed by atoms with van der Waals surface area (Å²) < 4.78 is 15.6. The Bertz CT molecular complexity index is 465. The average Bonchev–Trinajstić information content (AvgIpc) is 2.37. The predicted octanol–water partition coefficient (Wildman–Crippen LogP) is 2.23. The van der Waals surface area contributed by atoms with Gasteiger partial charge >= 0.3 is 5.97 Å². The molecule has 1 aromatic rings. The maximum Gasteiger partial charge on any atom is 0.349 e. The quantitative estimate of drug-likeness (QED) is 0.583. The van der Waals surface area contributed by atoms with E-state index >= 15 is 0 Å². The molecular formula is C14H18O5. The molecule has 0 saturated heterocycles. The fourth-order valence-electron chi connectivity index (χ4n) is 1.48. The van der Waals surface area contributed by atoms with E-state index in [1.165, 1.54) is 13.2 Å². The van der Waals surface area contributed by atoms with Crippen molar-refractivity contribution in [3.63, 3.8) is 0 Å². The van der Waals surface area contributed by atoms with E-state index in [1.54, 1.807) is 32.9 Å². The first kappa shape index (κ1) is 15.0. The van der Waals surface area contributed by atoms with Crippen LogP contribution < -0.4 is 9.47 Å². The number of hydrogen-bond donors (Lipinski definition) is 0. The second-order valence-electron chi connectivity index (χ2n) is 4.39. The molecule has 0 radical (unpaired) electrons. The summed E-state index contributed by atoms with van der Waals surface area (Å²) in [6.45, 7) is 5.21. The van der Waals surface area contributed by atoms with Crippen LogP contribution in [0.4, 0.5) is 0 Å². The van der Waals surface area contributed by atoms with E-state index < -0.39 is 11.6 Å². The molecule has 0 aliphatic carbocycles. The van der Waals surface area contributed by atoms with E-state index in [4.69, 9.17) is 14.2 Å². The zero-order valence-electron chi connectivity index (χ0n) is 11.6. The smallest absolute Gasteiger partial charge is 0.349 e. The minimum atomic E-state index is -1.14. The van der Waals surface area contributed by atoms with E-state index in [0.717, 1.165) is 0 Å². The van der Waals surface area contributed by atoms with Gasteiger partial charge in [-0.3, -0.25) is 4.79 Å². The molecule has 5 nitrogen and oxygen atoms in total. The van der Waals surface area contributed by atoms with Gasteiger partial charge in [0.15, 0.2) is 5.60 Å². The lowest BCUT2D eigenvalue weighted by Gasteiger charge is -2.24. The van der Waals surface area contributed by atoms with E-state index in [-0.39, 0.29) is 6.61 Å². The minimum Gasteiger partial charge on any atom is -0.497 e. The monoisotopic (exact) mass is 266 g/mol. The summed E-state index contributed by atoms with van der Waals surface area (Å²) in [6.07, 6.45) is 0.687. The molecule has 19 heavy (non-hydrogen) atoms. The van der Waals surface area contributed by atoms with Gasteiger partial charge in [-0.2, -0.15) is 0 Å². The molecule has 0 bridgehead atoms. The summed E-state index contributed by atoms with van der Waals surface area (Å²) in [6, 6.07) is 4.72. The standard InChI is InChI=1S/C14H18O5/c1-5-18-13(16)14(2,3)19-12-7-10(9-15)6-11(8-12)17-4/h6-9H,5H2,1-4H3. The van der Waals surface area contributed by atoms with Crippen LogP contribution in [-0.4, -0.2) is 31.6 Å². The van der Waals surface area contributed by atoms with Gasteiger partial charge in [-0.1, -0.05) is 0 Å². The summed E-state index contributed by atoms with van der Waals surface area (Å²) in [5, 5.41) is 0. The van der Waals surface area contributed by atoms with Crippen LogP contribution in [0.25, 0.3) is 0 Å². The molecule has 0 unspecified atom stereocenters. The number of rotatable bonds is 6. The van der Waals surface area contributed by atoms with E-state index in [1.807, 2.05) is 0 Å². The zero-order chi connectivity index (χ0) is 14.5. The van der Waals surface area contributed by atoms with Gasteiger partial charge in [0.05, 0.1) is 13.7 Å². The van der Waals surface area contributed by atoms with Crippen molar-refractivity contribution in [1.29, 1.82) is 0 Å². The molecule has 0 spiro atoms. The Morgan fingerprint density at radius 1 is 1.26 bits per heavy atom. The number of esters is 1. The molecular weight excluding hydrogens is 248 g/mol. The fraction of sp³-hybridized carbons (Fsp3) is 0.429. The van der Waals surface area contributed by atoms with E-state index in [0.29, 0.717) is 23.3 Å². The highest BCUT2D eigenvalue weighted by Gasteiger charge is 2.31. The lowest BCUT2D eigenvalue weighted by atomic mass is 10.1. The number of hydrogen-bond acceptors (Lipinski definition) is 5. The van der Waals surface area contributed by atoms with Gasteiger partial charge in [0, 0.05) is 11.6 Å². The Balaban J connectivity index is 2.97.